The minimum absolute atomic E-state index is 0.0450. The van der Waals surface area contributed by atoms with E-state index in [9.17, 15) is 0 Å². The number of rotatable bonds is 3. The van der Waals surface area contributed by atoms with Crippen LogP contribution in [0.4, 0.5) is 0 Å². The molecule has 0 amide bonds. The van der Waals surface area contributed by atoms with Crippen LogP contribution in [0.25, 0.3) is 28.3 Å². The van der Waals surface area contributed by atoms with Crippen molar-refractivity contribution in [2.75, 3.05) is 0 Å². The van der Waals surface area contributed by atoms with Crippen molar-refractivity contribution in [2.45, 2.75) is 31.3 Å². The molecule has 0 N–H and O–H groups in total. The third kappa shape index (κ3) is 3.95. The van der Waals surface area contributed by atoms with Crippen LogP contribution in [0.5, 0.6) is 0 Å². The summed E-state index contributed by atoms with van der Waals surface area (Å²) in [5, 5.41) is 0. The summed E-state index contributed by atoms with van der Waals surface area (Å²) in [7, 11) is 13.4. The van der Waals surface area contributed by atoms with Gasteiger partial charge in [0.15, 0.2) is 0 Å². The fourth-order valence-corrected chi connectivity index (χ4v) is 10.2. The van der Waals surface area contributed by atoms with Crippen molar-refractivity contribution in [1.82, 2.24) is 0 Å². The van der Waals surface area contributed by atoms with Crippen LogP contribution in [0.15, 0.2) is 72.3 Å². The molecule has 0 radical (unpaired) electrons. The first-order chi connectivity index (χ1) is 13.8. The monoisotopic (exact) mass is 497 g/mol. The van der Waals surface area contributed by atoms with Crippen LogP contribution in [0, 0.1) is 12.3 Å². The van der Waals surface area contributed by atoms with Crippen LogP contribution < -0.4 is 0 Å². The van der Waals surface area contributed by atoms with E-state index in [1.54, 1.807) is 0 Å². The minimum atomic E-state index is -2.56. The summed E-state index contributed by atoms with van der Waals surface area (Å²) in [5.41, 5.74) is 10.4. The van der Waals surface area contributed by atoms with Gasteiger partial charge in [-0.2, -0.15) is 0 Å². The zero-order valence-electron chi connectivity index (χ0n) is 17.3. The number of benzene rings is 3. The molecule has 1 atom stereocenters. The van der Waals surface area contributed by atoms with Crippen LogP contribution >= 0.6 is 17.0 Å². The second kappa shape index (κ2) is 8.18. The first kappa shape index (κ1) is 21.1. The van der Waals surface area contributed by atoms with E-state index in [0.717, 1.165) is 0 Å². The molecule has 3 heteroatoms. The molecule has 0 bridgehead atoms. The van der Waals surface area contributed by atoms with Crippen molar-refractivity contribution in [2.24, 2.45) is 5.41 Å². The van der Waals surface area contributed by atoms with Gasteiger partial charge in [-0.15, -0.1) is 0 Å². The average molecular weight is 500 g/mol. The van der Waals surface area contributed by atoms with Crippen molar-refractivity contribution in [3.05, 3.63) is 89.0 Å². The van der Waals surface area contributed by atoms with Gasteiger partial charge in [0.25, 0.3) is 0 Å². The van der Waals surface area contributed by atoms with Crippen molar-refractivity contribution in [1.29, 1.82) is 0 Å². The van der Waals surface area contributed by atoms with Crippen LogP contribution in [-0.2, 0) is 19.4 Å². The van der Waals surface area contributed by atoms with E-state index in [-0.39, 0.29) is 9.04 Å². The Kier molecular flexibility index (Phi) is 5.96. The maximum atomic E-state index is 6.70. The number of aryl methyl sites for hydroxylation is 1. The van der Waals surface area contributed by atoms with Gasteiger partial charge in [0.05, 0.1) is 0 Å². The van der Waals surface area contributed by atoms with Crippen molar-refractivity contribution < 1.29 is 19.4 Å². The molecule has 29 heavy (non-hydrogen) atoms. The molecule has 3 aromatic carbocycles. The predicted molar refractivity (Wildman–Crippen MR) is 124 cm³/mol. The van der Waals surface area contributed by atoms with Crippen LogP contribution in [0.2, 0.25) is 0 Å². The number of fused-ring (bicyclic) bond motifs is 1. The van der Waals surface area contributed by atoms with E-state index >= 15 is 0 Å². The van der Waals surface area contributed by atoms with Crippen LogP contribution in [-0.4, -0.2) is 0 Å². The second-order valence-corrected chi connectivity index (χ2v) is 17.5. The third-order valence-corrected chi connectivity index (χ3v) is 11.0. The zero-order valence-corrected chi connectivity index (χ0v) is 21.2. The number of hydrogen-bond acceptors (Lipinski definition) is 0. The summed E-state index contributed by atoms with van der Waals surface area (Å²) in [6.45, 7) is 9.00. The van der Waals surface area contributed by atoms with Crippen molar-refractivity contribution >= 4 is 23.1 Å². The average Bonchev–Trinajstić information content (AvgIpc) is 3.09. The quantitative estimate of drug-likeness (QED) is 0.338. The Hall–Kier alpha value is -1.14. The van der Waals surface area contributed by atoms with E-state index in [4.69, 9.17) is 17.0 Å². The van der Waals surface area contributed by atoms with Crippen molar-refractivity contribution in [3.63, 3.8) is 0 Å². The molecule has 3 aromatic rings. The summed E-state index contributed by atoms with van der Waals surface area (Å²) in [5.74, 6) is 0. The molecule has 0 saturated carbocycles. The molecular weight excluding hydrogens is 474 g/mol. The van der Waals surface area contributed by atoms with Gasteiger partial charge in [-0.3, -0.25) is 0 Å². The first-order valence-electron chi connectivity index (χ1n) is 9.97. The molecule has 0 nitrogen and oxygen atoms in total. The van der Waals surface area contributed by atoms with Gasteiger partial charge in [-0.25, -0.2) is 0 Å². The van der Waals surface area contributed by atoms with Gasteiger partial charge in [0.1, 0.15) is 0 Å². The SMILES string of the molecule is Cc1ccc2c(c1-c1ccccc1-c1ccccc1)C=C(C(C)(C)C)[CH]2[Zr]([Cl])[Cl]. The van der Waals surface area contributed by atoms with E-state index in [0.29, 0.717) is 0 Å². The van der Waals surface area contributed by atoms with Gasteiger partial charge in [-0.1, -0.05) is 0 Å². The zero-order chi connectivity index (χ0) is 20.8. The Morgan fingerprint density at radius 1 is 0.793 bits per heavy atom. The fraction of sp³-hybridized carbons (Fsp3) is 0.231. The summed E-state index contributed by atoms with van der Waals surface area (Å²) in [6.07, 6.45) is 2.38. The van der Waals surface area contributed by atoms with Gasteiger partial charge in [0.2, 0.25) is 0 Å². The molecule has 0 aromatic heterocycles. The summed E-state index contributed by atoms with van der Waals surface area (Å²) in [4.78, 5) is 0. The third-order valence-electron chi connectivity index (χ3n) is 5.77. The molecule has 147 valence electrons. The first-order valence-corrected chi connectivity index (χ1v) is 17.7. The molecule has 0 aliphatic heterocycles. The molecule has 0 saturated heterocycles. The second-order valence-electron chi connectivity index (χ2n) is 8.74. The van der Waals surface area contributed by atoms with Gasteiger partial charge in [0, 0.05) is 0 Å². The maximum absolute atomic E-state index is 6.70. The normalized spacial score (nSPS) is 15.8. The Labute approximate surface area is 189 Å². The van der Waals surface area contributed by atoms with E-state index in [2.05, 4.69) is 101 Å². The topological polar surface area (TPSA) is 0 Å². The summed E-state index contributed by atoms with van der Waals surface area (Å²) in [6, 6.07) is 23.8. The Morgan fingerprint density at radius 3 is 2.03 bits per heavy atom. The molecule has 1 aliphatic rings. The molecule has 4 rings (SSSR count). The van der Waals surface area contributed by atoms with Gasteiger partial charge >= 0.3 is 190 Å². The Balaban J connectivity index is 2.00. The molecule has 0 heterocycles. The molecule has 0 fully saturated rings. The Bertz CT molecular complexity index is 1080. The van der Waals surface area contributed by atoms with Gasteiger partial charge in [-0.05, 0) is 0 Å². The summed E-state index contributed by atoms with van der Waals surface area (Å²) < 4.78 is 0.221. The molecule has 0 spiro atoms. The standard InChI is InChI=1S/C26H25.2ClH.Zr/c1-18-14-15-20-16-21(26(2,3)4)17-24(20)25(18)23-13-9-8-12-22(23)19-10-6-5-7-11-19;;;/h5-17H,1-4H3;2*1H;/q;;;+2/p-2. The van der Waals surface area contributed by atoms with Gasteiger partial charge < -0.3 is 0 Å². The number of hydrogen-bond donors (Lipinski definition) is 0. The predicted octanol–water partition coefficient (Wildman–Crippen LogP) is 8.74. The van der Waals surface area contributed by atoms with E-state index < -0.39 is 19.4 Å². The molecule has 1 unspecified atom stereocenters. The van der Waals surface area contributed by atoms with Crippen LogP contribution in [0.3, 0.4) is 0 Å². The van der Waals surface area contributed by atoms with E-state index in [1.165, 1.54) is 44.5 Å². The van der Waals surface area contributed by atoms with Crippen molar-refractivity contribution in [3.8, 4) is 22.3 Å². The molecular formula is C26H25Cl2Zr. The molecule has 1 aliphatic carbocycles. The fourth-order valence-electron chi connectivity index (χ4n) is 4.37. The summed E-state index contributed by atoms with van der Waals surface area (Å²) >= 11 is -2.56. The van der Waals surface area contributed by atoms with E-state index in [1.807, 2.05) is 0 Å². The number of allylic oxidation sites excluding steroid dienone is 1. The van der Waals surface area contributed by atoms with Crippen LogP contribution in [0.1, 0.15) is 41.1 Å². The Morgan fingerprint density at radius 2 is 1.41 bits per heavy atom. The number of halogens is 2.